The number of carbonyl (C=O) groups is 1. The van der Waals surface area contributed by atoms with Gasteiger partial charge in [-0.05, 0) is 30.7 Å². The third-order valence-electron chi connectivity index (χ3n) is 6.42. The van der Waals surface area contributed by atoms with Crippen LogP contribution in [0.3, 0.4) is 0 Å². The number of anilines is 1. The molecule has 1 aromatic heterocycles. The lowest BCUT2D eigenvalue weighted by Crippen LogP contribution is -2.42. The maximum atomic E-state index is 13.8. The second-order valence-corrected chi connectivity index (χ2v) is 9.05. The monoisotopic (exact) mass is 552 g/mol. The van der Waals surface area contributed by atoms with Gasteiger partial charge in [-0.1, -0.05) is 60.7 Å². The van der Waals surface area contributed by atoms with E-state index in [9.17, 15) is 18.0 Å². The number of carbonyl (C=O) groups excluding carboxylic acids is 1. The molecule has 0 saturated carbocycles. The Balaban J connectivity index is 0.00000353. The summed E-state index contributed by atoms with van der Waals surface area (Å²) in [5.41, 5.74) is 2.63. The predicted molar refractivity (Wildman–Crippen MR) is 149 cm³/mol. The fourth-order valence-electron chi connectivity index (χ4n) is 4.66. The number of alkyl halides is 3. The molecular formula is C29H27F3N4O2S. The number of benzene rings is 3. The summed E-state index contributed by atoms with van der Waals surface area (Å²) in [7, 11) is 1.33. The van der Waals surface area contributed by atoms with E-state index in [1.807, 2.05) is 67.6 Å². The molecule has 1 aliphatic rings. The Kier molecular flexibility index (Phi) is 8.27. The molecular weight excluding hydrogens is 525 g/mol. The molecule has 1 amide bonds. The highest BCUT2D eigenvalue weighted by Crippen LogP contribution is 2.37. The van der Waals surface area contributed by atoms with Gasteiger partial charge in [-0.25, -0.2) is 4.99 Å². The lowest BCUT2D eigenvalue weighted by Gasteiger charge is -2.32. The SMILES string of the molecule is COCc1cc(N2C[C@H](C)n3ncc(N=C(c4ccccc4)c4ccccc4)c3C2=O)ccc1C(F)(F)F.S. The Morgan fingerprint density at radius 2 is 1.64 bits per heavy atom. The van der Waals surface area contributed by atoms with Gasteiger partial charge in [0.2, 0.25) is 0 Å². The van der Waals surface area contributed by atoms with Crippen LogP contribution in [0, 0.1) is 0 Å². The molecule has 3 aromatic carbocycles. The first-order valence-electron chi connectivity index (χ1n) is 12.1. The van der Waals surface area contributed by atoms with Crippen molar-refractivity contribution in [3.05, 3.63) is 113 Å². The topological polar surface area (TPSA) is 59.7 Å². The number of halogens is 3. The minimum absolute atomic E-state index is 0. The van der Waals surface area contributed by atoms with E-state index in [2.05, 4.69) is 5.10 Å². The Labute approximate surface area is 231 Å². The number of hydrogen-bond acceptors (Lipinski definition) is 4. The zero-order valence-electron chi connectivity index (χ0n) is 21.3. The van der Waals surface area contributed by atoms with Gasteiger partial charge < -0.3 is 9.64 Å². The number of nitrogens with zero attached hydrogens (tertiary/aromatic N) is 4. The van der Waals surface area contributed by atoms with Crippen molar-refractivity contribution in [1.82, 2.24) is 9.78 Å². The summed E-state index contributed by atoms with van der Waals surface area (Å²) in [6.07, 6.45) is -2.97. The lowest BCUT2D eigenvalue weighted by atomic mass is 10.0. The predicted octanol–water partition coefficient (Wildman–Crippen LogP) is 6.55. The second kappa shape index (κ2) is 11.5. The number of amides is 1. The molecule has 0 bridgehead atoms. The first-order valence-corrected chi connectivity index (χ1v) is 12.1. The molecule has 0 aliphatic carbocycles. The van der Waals surface area contributed by atoms with Gasteiger partial charge in [0.05, 0.1) is 30.1 Å². The summed E-state index contributed by atoms with van der Waals surface area (Å²) in [6, 6.07) is 22.7. The molecule has 0 saturated heterocycles. The van der Waals surface area contributed by atoms with E-state index in [4.69, 9.17) is 9.73 Å². The van der Waals surface area contributed by atoms with Gasteiger partial charge >= 0.3 is 6.18 Å². The van der Waals surface area contributed by atoms with E-state index in [0.29, 0.717) is 17.1 Å². The zero-order chi connectivity index (χ0) is 26.9. The van der Waals surface area contributed by atoms with E-state index in [1.54, 1.807) is 10.9 Å². The van der Waals surface area contributed by atoms with Crippen molar-refractivity contribution in [2.75, 3.05) is 18.6 Å². The maximum absolute atomic E-state index is 13.8. The van der Waals surface area contributed by atoms with E-state index < -0.39 is 11.7 Å². The lowest BCUT2D eigenvalue weighted by molar-refractivity contribution is -0.138. The van der Waals surface area contributed by atoms with Crippen LogP contribution in [0.2, 0.25) is 0 Å². The van der Waals surface area contributed by atoms with E-state index in [0.717, 1.165) is 17.2 Å². The molecule has 1 atom stereocenters. The van der Waals surface area contributed by atoms with Gasteiger partial charge in [0.15, 0.2) is 5.69 Å². The largest absolute Gasteiger partial charge is 0.416 e. The van der Waals surface area contributed by atoms with E-state index in [1.165, 1.54) is 24.1 Å². The minimum Gasteiger partial charge on any atom is -0.380 e. The molecule has 39 heavy (non-hydrogen) atoms. The Morgan fingerprint density at radius 3 is 2.21 bits per heavy atom. The summed E-state index contributed by atoms with van der Waals surface area (Å²) >= 11 is 0. The van der Waals surface area contributed by atoms with Crippen molar-refractivity contribution in [1.29, 1.82) is 0 Å². The summed E-state index contributed by atoms with van der Waals surface area (Å²) < 4.78 is 47.2. The number of aromatic nitrogens is 2. The highest BCUT2D eigenvalue weighted by molar-refractivity contribution is 7.59. The van der Waals surface area contributed by atoms with Gasteiger partial charge in [-0.15, -0.1) is 0 Å². The van der Waals surface area contributed by atoms with Crippen LogP contribution >= 0.6 is 13.5 Å². The molecule has 2 heterocycles. The molecule has 0 N–H and O–H groups in total. The van der Waals surface area contributed by atoms with Gasteiger partial charge in [-0.2, -0.15) is 31.8 Å². The van der Waals surface area contributed by atoms with Crippen LogP contribution in [0.1, 0.15) is 45.7 Å². The molecule has 5 rings (SSSR count). The number of hydrogen-bond donors (Lipinski definition) is 0. The van der Waals surface area contributed by atoms with Crippen LogP contribution in [0.25, 0.3) is 0 Å². The van der Waals surface area contributed by atoms with E-state index >= 15 is 0 Å². The summed E-state index contributed by atoms with van der Waals surface area (Å²) in [4.78, 5) is 20.2. The number of ether oxygens (including phenoxy) is 1. The maximum Gasteiger partial charge on any atom is 0.416 e. The van der Waals surface area contributed by atoms with Crippen molar-refractivity contribution < 1.29 is 22.7 Å². The fourth-order valence-corrected chi connectivity index (χ4v) is 4.66. The molecule has 202 valence electrons. The molecule has 1 aliphatic heterocycles. The van der Waals surface area contributed by atoms with Gasteiger partial charge in [-0.3, -0.25) is 9.48 Å². The molecule has 0 unspecified atom stereocenters. The number of methoxy groups -OCH3 is 1. The highest BCUT2D eigenvalue weighted by atomic mass is 32.1. The zero-order valence-corrected chi connectivity index (χ0v) is 22.3. The summed E-state index contributed by atoms with van der Waals surface area (Å²) in [6.45, 7) is 1.92. The molecule has 0 spiro atoms. The van der Waals surface area contributed by atoms with E-state index in [-0.39, 0.29) is 49.9 Å². The van der Waals surface area contributed by atoms with Crippen LogP contribution in [0.15, 0.2) is 90.1 Å². The van der Waals surface area contributed by atoms with Crippen molar-refractivity contribution in [3.63, 3.8) is 0 Å². The summed E-state index contributed by atoms with van der Waals surface area (Å²) in [5.74, 6) is -0.386. The first kappa shape index (κ1) is 28.1. The van der Waals surface area contributed by atoms with Crippen LogP contribution in [0.5, 0.6) is 0 Å². The first-order chi connectivity index (χ1) is 18.3. The number of rotatable bonds is 6. The quantitative estimate of drug-likeness (QED) is 0.255. The van der Waals surface area contributed by atoms with Gasteiger partial charge in [0, 0.05) is 30.5 Å². The number of aliphatic imine (C=N–C) groups is 1. The van der Waals surface area contributed by atoms with Gasteiger partial charge in [0.1, 0.15) is 5.69 Å². The fraction of sp³-hybridized carbons (Fsp3) is 0.207. The molecule has 6 nitrogen and oxygen atoms in total. The second-order valence-electron chi connectivity index (χ2n) is 9.05. The van der Waals surface area contributed by atoms with Crippen molar-refractivity contribution >= 4 is 36.5 Å². The minimum atomic E-state index is -4.53. The Bertz CT molecular complexity index is 1450. The molecule has 0 radical (unpaired) electrons. The Hall–Kier alpha value is -3.89. The molecule has 0 fully saturated rings. The highest BCUT2D eigenvalue weighted by Gasteiger charge is 2.36. The molecule has 4 aromatic rings. The average Bonchev–Trinajstić information content (AvgIpc) is 3.34. The average molecular weight is 553 g/mol. The third kappa shape index (κ3) is 5.62. The Morgan fingerprint density at radius 1 is 1.03 bits per heavy atom. The van der Waals surface area contributed by atoms with Crippen LogP contribution in [0.4, 0.5) is 24.5 Å². The van der Waals surface area contributed by atoms with Crippen molar-refractivity contribution in [2.24, 2.45) is 4.99 Å². The van der Waals surface area contributed by atoms with Crippen LogP contribution in [-0.2, 0) is 17.5 Å². The van der Waals surface area contributed by atoms with Crippen LogP contribution < -0.4 is 4.90 Å². The van der Waals surface area contributed by atoms with Gasteiger partial charge in [0.25, 0.3) is 5.91 Å². The normalized spacial score (nSPS) is 14.9. The van der Waals surface area contributed by atoms with Crippen molar-refractivity contribution in [2.45, 2.75) is 25.7 Å². The summed E-state index contributed by atoms with van der Waals surface area (Å²) in [5, 5.41) is 4.44. The smallest absolute Gasteiger partial charge is 0.380 e. The van der Waals surface area contributed by atoms with Crippen molar-refractivity contribution in [3.8, 4) is 0 Å². The van der Waals surface area contributed by atoms with Crippen LogP contribution in [-0.4, -0.2) is 35.1 Å². The standard InChI is InChI=1S/C29H25F3N4O2.H2S/c1-19-17-35(23-13-14-24(29(30,31)32)22(15-23)18-38-2)28(37)27-25(16-33-36(19)27)34-26(20-9-5-3-6-10-20)21-11-7-4-8-12-21;/h3-16,19H,17-18H2,1-2H3;1H2/t19-;/m0./s1. The molecule has 10 heteroatoms. The third-order valence-corrected chi connectivity index (χ3v) is 6.42. The number of fused-ring (bicyclic) bond motifs is 1.